The second kappa shape index (κ2) is 11.1. The van der Waals surface area contributed by atoms with E-state index in [2.05, 4.69) is 40.7 Å². The Labute approximate surface area is 195 Å². The summed E-state index contributed by atoms with van der Waals surface area (Å²) in [5, 5.41) is 19.5. The summed E-state index contributed by atoms with van der Waals surface area (Å²) in [6.45, 7) is 5.93. The fourth-order valence-electron chi connectivity index (χ4n) is 3.19. The van der Waals surface area contributed by atoms with Gasteiger partial charge in [0.1, 0.15) is 5.69 Å². The number of hydrazone groups is 1. The van der Waals surface area contributed by atoms with Crippen molar-refractivity contribution < 1.29 is 23.6 Å². The van der Waals surface area contributed by atoms with Gasteiger partial charge in [0.25, 0.3) is 5.91 Å². The first-order chi connectivity index (χ1) is 16.5. The molecule has 0 radical (unpaired) electrons. The number of rotatable bonds is 11. The van der Waals surface area contributed by atoms with Crippen LogP contribution in [-0.2, 0) is 6.54 Å². The van der Waals surface area contributed by atoms with Crippen LogP contribution >= 0.6 is 0 Å². The molecule has 1 amide bonds. The quantitative estimate of drug-likeness (QED) is 0.299. The summed E-state index contributed by atoms with van der Waals surface area (Å²) < 4.78 is 21.8. The van der Waals surface area contributed by atoms with Crippen LogP contribution in [0.2, 0.25) is 0 Å². The maximum Gasteiger partial charge on any atom is 0.292 e. The van der Waals surface area contributed by atoms with E-state index >= 15 is 0 Å². The normalized spacial score (nSPS) is 11.2. The molecule has 0 aliphatic heterocycles. The molecule has 0 aliphatic rings. The number of benzene rings is 1. The van der Waals surface area contributed by atoms with Crippen LogP contribution in [-0.4, -0.2) is 76.7 Å². The molecule has 0 saturated carbocycles. The number of carbonyl (C=O) groups excluding carboxylic acids is 1. The van der Waals surface area contributed by atoms with Gasteiger partial charge in [-0.2, -0.15) is 9.78 Å². The van der Waals surface area contributed by atoms with Gasteiger partial charge in [-0.1, -0.05) is 19.1 Å². The van der Waals surface area contributed by atoms with Crippen LogP contribution in [0.25, 0.3) is 5.82 Å². The number of nitrogens with one attached hydrogen (secondary N) is 1. The summed E-state index contributed by atoms with van der Waals surface area (Å²) in [5.41, 5.74) is 9.42. The molecule has 0 aliphatic carbocycles. The SMILES string of the molecule is CCN(CC)Cc1nnn(-c2nonc2N)c1C(=O)NN=Cc1cc(OC)c(OC)c(OC)c1. The van der Waals surface area contributed by atoms with E-state index in [9.17, 15) is 4.79 Å². The smallest absolute Gasteiger partial charge is 0.292 e. The third-order valence-electron chi connectivity index (χ3n) is 4.99. The fourth-order valence-corrected chi connectivity index (χ4v) is 3.19. The summed E-state index contributed by atoms with van der Waals surface area (Å²) in [4.78, 5) is 15.2. The van der Waals surface area contributed by atoms with Crippen LogP contribution in [0, 0.1) is 0 Å². The van der Waals surface area contributed by atoms with Crippen molar-refractivity contribution in [2.24, 2.45) is 5.10 Å². The van der Waals surface area contributed by atoms with Gasteiger partial charge in [-0.25, -0.2) is 10.1 Å². The van der Waals surface area contributed by atoms with E-state index in [0.717, 1.165) is 13.1 Å². The van der Waals surface area contributed by atoms with Gasteiger partial charge in [-0.15, -0.1) is 5.10 Å². The summed E-state index contributed by atoms with van der Waals surface area (Å²) in [5.74, 6) is 0.797. The Hall–Kier alpha value is -4.20. The number of hydrogen-bond acceptors (Lipinski definition) is 12. The molecule has 3 rings (SSSR count). The Morgan fingerprint density at radius 2 is 1.85 bits per heavy atom. The van der Waals surface area contributed by atoms with Gasteiger partial charge in [-0.05, 0) is 35.5 Å². The monoisotopic (exact) mass is 473 g/mol. The highest BCUT2D eigenvalue weighted by molar-refractivity contribution is 5.95. The lowest BCUT2D eigenvalue weighted by Gasteiger charge is -2.16. The van der Waals surface area contributed by atoms with E-state index in [1.807, 2.05) is 13.8 Å². The highest BCUT2D eigenvalue weighted by Crippen LogP contribution is 2.37. The highest BCUT2D eigenvalue weighted by atomic mass is 16.6. The number of ether oxygens (including phenoxy) is 3. The zero-order chi connectivity index (χ0) is 24.7. The molecule has 14 heteroatoms. The van der Waals surface area contributed by atoms with Crippen molar-refractivity contribution in [3.8, 4) is 23.1 Å². The van der Waals surface area contributed by atoms with Crippen molar-refractivity contribution in [3.63, 3.8) is 0 Å². The zero-order valence-corrected chi connectivity index (χ0v) is 19.6. The van der Waals surface area contributed by atoms with Crippen LogP contribution in [0.3, 0.4) is 0 Å². The molecule has 0 atom stereocenters. The lowest BCUT2D eigenvalue weighted by Crippen LogP contribution is -2.27. The van der Waals surface area contributed by atoms with E-state index in [0.29, 0.717) is 35.1 Å². The van der Waals surface area contributed by atoms with E-state index in [1.54, 1.807) is 12.1 Å². The van der Waals surface area contributed by atoms with Crippen molar-refractivity contribution in [3.05, 3.63) is 29.1 Å². The van der Waals surface area contributed by atoms with Crippen molar-refractivity contribution in [2.75, 3.05) is 40.2 Å². The third-order valence-corrected chi connectivity index (χ3v) is 4.99. The Morgan fingerprint density at radius 1 is 1.18 bits per heavy atom. The molecule has 3 N–H and O–H groups in total. The van der Waals surface area contributed by atoms with Crippen LogP contribution in [0.15, 0.2) is 21.9 Å². The molecular formula is C20H27N9O5. The molecule has 0 saturated heterocycles. The first-order valence-electron chi connectivity index (χ1n) is 10.4. The molecular weight excluding hydrogens is 446 g/mol. The van der Waals surface area contributed by atoms with E-state index in [4.69, 9.17) is 19.9 Å². The van der Waals surface area contributed by atoms with Gasteiger partial charge in [0, 0.05) is 12.1 Å². The summed E-state index contributed by atoms with van der Waals surface area (Å²) in [6.07, 6.45) is 1.44. The average molecular weight is 473 g/mol. The molecule has 1 aromatic carbocycles. The van der Waals surface area contributed by atoms with Gasteiger partial charge >= 0.3 is 0 Å². The maximum atomic E-state index is 13.1. The molecule has 0 spiro atoms. The average Bonchev–Trinajstić information content (AvgIpc) is 3.46. The van der Waals surface area contributed by atoms with E-state index in [1.165, 1.54) is 32.2 Å². The number of hydrogen-bond donors (Lipinski definition) is 2. The Bertz CT molecular complexity index is 1130. The summed E-state index contributed by atoms with van der Waals surface area (Å²) >= 11 is 0. The Balaban J connectivity index is 1.90. The molecule has 2 heterocycles. The fraction of sp³-hybridized carbons (Fsp3) is 0.400. The van der Waals surface area contributed by atoms with Gasteiger partial charge < -0.3 is 19.9 Å². The molecule has 14 nitrogen and oxygen atoms in total. The number of nitrogens with two attached hydrogens (primary N) is 1. The number of amides is 1. The zero-order valence-electron chi connectivity index (χ0n) is 19.6. The third kappa shape index (κ3) is 5.06. The Morgan fingerprint density at radius 3 is 2.38 bits per heavy atom. The van der Waals surface area contributed by atoms with Gasteiger partial charge in [-0.3, -0.25) is 9.69 Å². The lowest BCUT2D eigenvalue weighted by molar-refractivity contribution is 0.0945. The molecule has 34 heavy (non-hydrogen) atoms. The predicted octanol–water partition coefficient (Wildman–Crippen LogP) is 0.864. The van der Waals surface area contributed by atoms with Crippen LogP contribution in [0.4, 0.5) is 5.82 Å². The van der Waals surface area contributed by atoms with Crippen molar-refractivity contribution in [1.82, 2.24) is 35.6 Å². The minimum absolute atomic E-state index is 0.0331. The topological polar surface area (TPSA) is 168 Å². The first kappa shape index (κ1) is 24.4. The predicted molar refractivity (Wildman–Crippen MR) is 121 cm³/mol. The Kier molecular flexibility index (Phi) is 7.97. The minimum atomic E-state index is -0.571. The van der Waals surface area contributed by atoms with Crippen LogP contribution in [0.1, 0.15) is 35.6 Å². The number of anilines is 1. The van der Waals surface area contributed by atoms with Crippen LogP contribution < -0.4 is 25.4 Å². The van der Waals surface area contributed by atoms with E-state index < -0.39 is 5.91 Å². The lowest BCUT2D eigenvalue weighted by atomic mass is 10.2. The van der Waals surface area contributed by atoms with Crippen molar-refractivity contribution in [1.29, 1.82) is 0 Å². The van der Waals surface area contributed by atoms with Crippen LogP contribution in [0.5, 0.6) is 17.2 Å². The number of carbonyl (C=O) groups is 1. The maximum absolute atomic E-state index is 13.1. The first-order valence-corrected chi connectivity index (χ1v) is 10.4. The molecule has 0 bridgehead atoms. The number of nitrogen functional groups attached to an aromatic ring is 1. The van der Waals surface area contributed by atoms with E-state index in [-0.39, 0.29) is 17.3 Å². The summed E-state index contributed by atoms with van der Waals surface area (Å²) in [6, 6.07) is 3.38. The standard InChI is InChI=1S/C20H27N9O5/c1-6-28(7-2)11-13-16(29(27-23-13)19-18(21)25-34-26-19)20(30)24-22-10-12-8-14(31-3)17(33-5)15(9-12)32-4/h8-10H,6-7,11H2,1-5H3,(H2,21,25)(H,24,30). The molecule has 0 unspecified atom stereocenters. The molecule has 182 valence electrons. The molecule has 2 aromatic heterocycles. The molecule has 0 fully saturated rings. The number of methoxy groups -OCH3 is 3. The van der Waals surface area contributed by atoms with Gasteiger partial charge in [0.2, 0.25) is 17.4 Å². The largest absolute Gasteiger partial charge is 0.493 e. The number of nitrogens with zero attached hydrogens (tertiary/aromatic N) is 7. The second-order valence-corrected chi connectivity index (χ2v) is 6.89. The highest BCUT2D eigenvalue weighted by Gasteiger charge is 2.25. The van der Waals surface area contributed by atoms with Crippen molar-refractivity contribution >= 4 is 17.9 Å². The summed E-state index contributed by atoms with van der Waals surface area (Å²) in [7, 11) is 4.53. The van der Waals surface area contributed by atoms with Gasteiger partial charge in [0.05, 0.1) is 27.5 Å². The molecule has 3 aromatic rings. The van der Waals surface area contributed by atoms with Gasteiger partial charge in [0.15, 0.2) is 17.2 Å². The second-order valence-electron chi connectivity index (χ2n) is 6.89. The van der Waals surface area contributed by atoms with Crippen molar-refractivity contribution in [2.45, 2.75) is 20.4 Å². The minimum Gasteiger partial charge on any atom is -0.493 e. The number of aromatic nitrogens is 5.